The van der Waals surface area contributed by atoms with E-state index < -0.39 is 9.84 Å². The van der Waals surface area contributed by atoms with Gasteiger partial charge in [-0.15, -0.1) is 0 Å². The third-order valence-electron chi connectivity index (χ3n) is 5.30. The van der Waals surface area contributed by atoms with Gasteiger partial charge in [-0.1, -0.05) is 26.2 Å². The molecule has 2 rings (SSSR count). The maximum absolute atomic E-state index is 12.1. The largest absolute Gasteiger partial charge is 0.308 e. The zero-order valence-corrected chi connectivity index (χ0v) is 14.7. The molecular formula is C16H32N2O2S. The number of nitrogens with zero attached hydrogens (tertiary/aromatic N) is 1. The molecule has 1 saturated carbocycles. The van der Waals surface area contributed by atoms with Crippen molar-refractivity contribution in [2.75, 3.05) is 25.4 Å². The number of nitrogens with one attached hydrogen (secondary N) is 1. The summed E-state index contributed by atoms with van der Waals surface area (Å²) in [5.74, 6) is 0.307. The Morgan fingerprint density at radius 3 is 2.52 bits per heavy atom. The molecular weight excluding hydrogens is 284 g/mol. The highest BCUT2D eigenvalue weighted by atomic mass is 32.2. The van der Waals surface area contributed by atoms with Gasteiger partial charge in [0.05, 0.1) is 11.0 Å². The summed E-state index contributed by atoms with van der Waals surface area (Å²) < 4.78 is 24.2. The monoisotopic (exact) mass is 316 g/mol. The number of rotatable bonds is 6. The molecule has 124 valence electrons. The van der Waals surface area contributed by atoms with Gasteiger partial charge < -0.3 is 5.32 Å². The van der Waals surface area contributed by atoms with Crippen molar-refractivity contribution in [1.82, 2.24) is 10.2 Å². The Hall–Kier alpha value is -0.130. The first-order chi connectivity index (χ1) is 9.88. The number of sulfone groups is 1. The van der Waals surface area contributed by atoms with Crippen LogP contribution in [0.5, 0.6) is 0 Å². The van der Waals surface area contributed by atoms with Gasteiger partial charge in [0.2, 0.25) is 0 Å². The highest BCUT2D eigenvalue weighted by Crippen LogP contribution is 2.33. The number of hydrogen-bond acceptors (Lipinski definition) is 4. The van der Waals surface area contributed by atoms with Crippen molar-refractivity contribution in [3.8, 4) is 0 Å². The molecule has 1 N–H and O–H groups in total. The average Bonchev–Trinajstić information content (AvgIpc) is 2.88. The van der Waals surface area contributed by atoms with Crippen LogP contribution in [0.3, 0.4) is 0 Å². The molecule has 0 bridgehead atoms. The van der Waals surface area contributed by atoms with E-state index in [1.165, 1.54) is 25.7 Å². The molecule has 0 aromatic rings. The molecule has 1 aliphatic carbocycles. The van der Waals surface area contributed by atoms with Crippen molar-refractivity contribution >= 4 is 9.84 Å². The quantitative estimate of drug-likeness (QED) is 0.816. The summed E-state index contributed by atoms with van der Waals surface area (Å²) in [6.45, 7) is 8.54. The standard InChI is InChI=1S/C16H32N2O2S/c1-4-7-15-12-17-16(8-5-6-9-16)13-18(15)10-11-21(19,20)14(2)3/h14-15,17H,4-13H2,1-3H3. The summed E-state index contributed by atoms with van der Waals surface area (Å²) in [5.41, 5.74) is 0.270. The van der Waals surface area contributed by atoms with Crippen molar-refractivity contribution < 1.29 is 8.42 Å². The third-order valence-corrected chi connectivity index (χ3v) is 7.49. The Morgan fingerprint density at radius 1 is 1.29 bits per heavy atom. The first-order valence-electron chi connectivity index (χ1n) is 8.59. The van der Waals surface area contributed by atoms with E-state index in [-0.39, 0.29) is 10.8 Å². The first kappa shape index (κ1) is 17.2. The van der Waals surface area contributed by atoms with Crippen molar-refractivity contribution in [2.24, 2.45) is 0 Å². The SMILES string of the molecule is CCCC1CNC2(CCCC2)CN1CCS(=O)(=O)C(C)C. The first-order valence-corrected chi connectivity index (χ1v) is 10.3. The minimum atomic E-state index is -2.93. The molecule has 2 fully saturated rings. The van der Waals surface area contributed by atoms with E-state index >= 15 is 0 Å². The molecule has 1 unspecified atom stereocenters. The van der Waals surface area contributed by atoms with E-state index in [0.29, 0.717) is 18.3 Å². The zero-order chi connectivity index (χ0) is 15.5. The lowest BCUT2D eigenvalue weighted by atomic mass is 9.91. The van der Waals surface area contributed by atoms with Gasteiger partial charge in [-0.05, 0) is 33.1 Å². The molecule has 2 aliphatic rings. The Balaban J connectivity index is 2.00. The van der Waals surface area contributed by atoms with Crippen LogP contribution in [0.4, 0.5) is 0 Å². The normalized spacial score (nSPS) is 26.8. The summed E-state index contributed by atoms with van der Waals surface area (Å²) in [7, 11) is -2.93. The lowest BCUT2D eigenvalue weighted by Gasteiger charge is -2.46. The number of piperazine rings is 1. The molecule has 0 amide bonds. The molecule has 1 atom stereocenters. The second kappa shape index (κ2) is 6.97. The van der Waals surface area contributed by atoms with Gasteiger partial charge in [0, 0.05) is 31.2 Å². The predicted octanol–water partition coefficient (Wildman–Crippen LogP) is 2.20. The fourth-order valence-corrected chi connectivity index (χ4v) is 4.74. The molecule has 1 saturated heterocycles. The Kier molecular flexibility index (Phi) is 5.71. The van der Waals surface area contributed by atoms with Crippen molar-refractivity contribution in [1.29, 1.82) is 0 Å². The van der Waals surface area contributed by atoms with Gasteiger partial charge in [0.1, 0.15) is 0 Å². The molecule has 1 heterocycles. The summed E-state index contributed by atoms with van der Waals surface area (Å²) >= 11 is 0. The van der Waals surface area contributed by atoms with Crippen LogP contribution in [-0.2, 0) is 9.84 Å². The van der Waals surface area contributed by atoms with Crippen LogP contribution in [0.2, 0.25) is 0 Å². The summed E-state index contributed by atoms with van der Waals surface area (Å²) in [4.78, 5) is 2.46. The highest BCUT2D eigenvalue weighted by Gasteiger charge is 2.40. The molecule has 0 aromatic heterocycles. The Labute approximate surface area is 130 Å². The fraction of sp³-hybridized carbons (Fsp3) is 1.00. The minimum absolute atomic E-state index is 0.259. The molecule has 21 heavy (non-hydrogen) atoms. The van der Waals surface area contributed by atoms with Gasteiger partial charge in [-0.2, -0.15) is 0 Å². The Morgan fingerprint density at radius 2 is 1.95 bits per heavy atom. The lowest BCUT2D eigenvalue weighted by Crippen LogP contribution is -2.63. The molecule has 0 aromatic carbocycles. The van der Waals surface area contributed by atoms with E-state index in [0.717, 1.165) is 25.9 Å². The van der Waals surface area contributed by atoms with Crippen LogP contribution in [-0.4, -0.2) is 55.5 Å². The van der Waals surface area contributed by atoms with E-state index in [4.69, 9.17) is 0 Å². The Bertz CT molecular complexity index is 428. The van der Waals surface area contributed by atoms with Gasteiger partial charge >= 0.3 is 0 Å². The average molecular weight is 317 g/mol. The van der Waals surface area contributed by atoms with Crippen molar-refractivity contribution in [3.05, 3.63) is 0 Å². The molecule has 0 radical (unpaired) electrons. The van der Waals surface area contributed by atoms with Gasteiger partial charge in [-0.25, -0.2) is 8.42 Å². The second-order valence-electron chi connectivity index (χ2n) is 7.20. The molecule has 1 aliphatic heterocycles. The zero-order valence-electron chi connectivity index (χ0n) is 13.9. The third kappa shape index (κ3) is 4.20. The van der Waals surface area contributed by atoms with Crippen molar-refractivity contribution in [2.45, 2.75) is 76.1 Å². The lowest BCUT2D eigenvalue weighted by molar-refractivity contribution is 0.0811. The van der Waals surface area contributed by atoms with Crippen LogP contribution in [0, 0.1) is 0 Å². The van der Waals surface area contributed by atoms with Crippen LogP contribution >= 0.6 is 0 Å². The van der Waals surface area contributed by atoms with E-state index in [2.05, 4.69) is 17.1 Å². The predicted molar refractivity (Wildman–Crippen MR) is 88.4 cm³/mol. The van der Waals surface area contributed by atoms with Crippen LogP contribution < -0.4 is 5.32 Å². The van der Waals surface area contributed by atoms with E-state index in [1.54, 1.807) is 13.8 Å². The maximum atomic E-state index is 12.1. The van der Waals surface area contributed by atoms with Crippen molar-refractivity contribution in [3.63, 3.8) is 0 Å². The van der Waals surface area contributed by atoms with Gasteiger partial charge in [-0.3, -0.25) is 4.90 Å². The van der Waals surface area contributed by atoms with Gasteiger partial charge in [0.25, 0.3) is 0 Å². The van der Waals surface area contributed by atoms with E-state index in [1.807, 2.05) is 0 Å². The molecule has 1 spiro atoms. The van der Waals surface area contributed by atoms with Crippen LogP contribution in [0.1, 0.15) is 59.3 Å². The smallest absolute Gasteiger partial charge is 0.153 e. The summed E-state index contributed by atoms with van der Waals surface area (Å²) in [6, 6.07) is 0.503. The van der Waals surface area contributed by atoms with E-state index in [9.17, 15) is 8.42 Å². The molecule has 5 heteroatoms. The minimum Gasteiger partial charge on any atom is -0.308 e. The topological polar surface area (TPSA) is 49.4 Å². The van der Waals surface area contributed by atoms with Gasteiger partial charge in [0.15, 0.2) is 9.84 Å². The number of hydrogen-bond donors (Lipinski definition) is 1. The summed E-state index contributed by atoms with van der Waals surface area (Å²) in [6.07, 6.45) is 7.43. The molecule has 4 nitrogen and oxygen atoms in total. The van der Waals surface area contributed by atoms with Crippen LogP contribution in [0.25, 0.3) is 0 Å². The fourth-order valence-electron chi connectivity index (χ4n) is 3.78. The second-order valence-corrected chi connectivity index (χ2v) is 9.87. The maximum Gasteiger partial charge on any atom is 0.153 e. The highest BCUT2D eigenvalue weighted by molar-refractivity contribution is 7.92. The summed E-state index contributed by atoms with van der Waals surface area (Å²) in [5, 5.41) is 3.53. The van der Waals surface area contributed by atoms with Crippen LogP contribution in [0.15, 0.2) is 0 Å².